The summed E-state index contributed by atoms with van der Waals surface area (Å²) in [5, 5.41) is 0. The van der Waals surface area contributed by atoms with Crippen LogP contribution in [0.2, 0.25) is 0 Å². The second-order valence-corrected chi connectivity index (χ2v) is 7.82. The molecule has 1 aliphatic rings. The zero-order valence-electron chi connectivity index (χ0n) is 11.9. The summed E-state index contributed by atoms with van der Waals surface area (Å²) in [5.74, 6) is 2.75. The fraction of sp³-hybridized carbons (Fsp3) is 0.462. The molecule has 116 valence electrons. The lowest BCUT2D eigenvalue weighted by molar-refractivity contribution is 0.455. The Bertz CT molecular complexity index is 593. The Balaban J connectivity index is 1.93. The number of benzene rings is 1. The Morgan fingerprint density at radius 1 is 1.33 bits per heavy atom. The molecular formula is C13H20N4O2S2. The molecule has 0 radical (unpaired) electrons. The van der Waals surface area contributed by atoms with Gasteiger partial charge in [0.15, 0.2) is 5.96 Å². The number of anilines is 1. The van der Waals surface area contributed by atoms with Crippen LogP contribution in [-0.2, 0) is 16.6 Å². The maximum absolute atomic E-state index is 11.1. The molecule has 0 unspecified atom stereocenters. The molecule has 21 heavy (non-hydrogen) atoms. The lowest BCUT2D eigenvalue weighted by Crippen LogP contribution is -2.42. The average Bonchev–Trinajstić information content (AvgIpc) is 2.45. The van der Waals surface area contributed by atoms with E-state index in [1.807, 2.05) is 23.9 Å². The summed E-state index contributed by atoms with van der Waals surface area (Å²) >= 11 is 1.93. The van der Waals surface area contributed by atoms with Crippen molar-refractivity contribution in [2.75, 3.05) is 35.6 Å². The van der Waals surface area contributed by atoms with E-state index in [4.69, 9.17) is 5.73 Å². The normalized spacial score (nSPS) is 16.8. The number of nitrogens with zero attached hydrogens (tertiary/aromatic N) is 2. The molecule has 0 amide bonds. The van der Waals surface area contributed by atoms with Gasteiger partial charge in [0.25, 0.3) is 0 Å². The zero-order chi connectivity index (χ0) is 15.3. The quantitative estimate of drug-likeness (QED) is 0.634. The number of nitrogens with two attached hydrogens (primary N) is 1. The summed E-state index contributed by atoms with van der Waals surface area (Å²) < 4.78 is 24.7. The molecule has 3 N–H and O–H groups in total. The number of nitrogens with one attached hydrogen (secondary N) is 1. The molecule has 1 saturated heterocycles. The third-order valence-corrected chi connectivity index (χ3v) is 4.56. The highest BCUT2D eigenvalue weighted by atomic mass is 32.2. The number of thioether (sulfide) groups is 1. The summed E-state index contributed by atoms with van der Waals surface area (Å²) in [7, 11) is -3.24. The molecule has 1 heterocycles. The van der Waals surface area contributed by atoms with E-state index in [2.05, 4.69) is 14.6 Å². The van der Waals surface area contributed by atoms with E-state index >= 15 is 0 Å². The first-order valence-corrected chi connectivity index (χ1v) is 9.68. The van der Waals surface area contributed by atoms with Gasteiger partial charge in [0.1, 0.15) is 0 Å². The Morgan fingerprint density at radius 3 is 2.52 bits per heavy atom. The largest absolute Gasteiger partial charge is 0.370 e. The number of aliphatic imine (C=N–C) groups is 1. The molecule has 1 aliphatic heterocycles. The minimum atomic E-state index is -3.24. The van der Waals surface area contributed by atoms with Crippen molar-refractivity contribution in [2.24, 2.45) is 10.7 Å². The van der Waals surface area contributed by atoms with Crippen molar-refractivity contribution in [1.82, 2.24) is 4.90 Å². The van der Waals surface area contributed by atoms with E-state index in [0.717, 1.165) is 36.4 Å². The minimum absolute atomic E-state index is 0.495. The van der Waals surface area contributed by atoms with Crippen LogP contribution < -0.4 is 10.5 Å². The van der Waals surface area contributed by atoms with E-state index in [9.17, 15) is 8.42 Å². The van der Waals surface area contributed by atoms with Gasteiger partial charge in [0.2, 0.25) is 10.0 Å². The van der Waals surface area contributed by atoms with Crippen LogP contribution in [0.4, 0.5) is 5.69 Å². The van der Waals surface area contributed by atoms with Crippen LogP contribution in [0.1, 0.15) is 5.56 Å². The van der Waals surface area contributed by atoms with Crippen molar-refractivity contribution in [2.45, 2.75) is 6.54 Å². The van der Waals surface area contributed by atoms with Gasteiger partial charge in [-0.3, -0.25) is 4.72 Å². The second kappa shape index (κ2) is 7.04. The van der Waals surface area contributed by atoms with Crippen molar-refractivity contribution >= 4 is 33.4 Å². The molecule has 0 aromatic heterocycles. The van der Waals surface area contributed by atoms with Crippen molar-refractivity contribution in [3.8, 4) is 0 Å². The van der Waals surface area contributed by atoms with Gasteiger partial charge in [-0.25, -0.2) is 13.4 Å². The lowest BCUT2D eigenvalue weighted by atomic mass is 10.2. The highest BCUT2D eigenvalue weighted by molar-refractivity contribution is 7.99. The number of rotatable bonds is 4. The molecular weight excluding hydrogens is 308 g/mol. The summed E-state index contributed by atoms with van der Waals surface area (Å²) in [5.41, 5.74) is 7.52. The fourth-order valence-electron chi connectivity index (χ4n) is 1.96. The van der Waals surface area contributed by atoms with E-state index < -0.39 is 10.0 Å². The first kappa shape index (κ1) is 16.0. The Morgan fingerprint density at radius 2 is 1.95 bits per heavy atom. The van der Waals surface area contributed by atoms with Gasteiger partial charge in [-0.2, -0.15) is 11.8 Å². The minimum Gasteiger partial charge on any atom is -0.370 e. The monoisotopic (exact) mass is 328 g/mol. The van der Waals surface area contributed by atoms with Crippen molar-refractivity contribution in [3.63, 3.8) is 0 Å². The smallest absolute Gasteiger partial charge is 0.229 e. The van der Waals surface area contributed by atoms with Gasteiger partial charge in [0.05, 0.1) is 12.8 Å². The number of hydrogen-bond acceptors (Lipinski definition) is 4. The predicted octanol–water partition coefficient (Wildman–Crippen LogP) is 0.922. The molecule has 0 spiro atoms. The third-order valence-electron chi connectivity index (χ3n) is 3.02. The Labute approximate surface area is 129 Å². The van der Waals surface area contributed by atoms with Crippen molar-refractivity contribution < 1.29 is 8.42 Å². The van der Waals surface area contributed by atoms with E-state index in [0.29, 0.717) is 18.2 Å². The summed E-state index contributed by atoms with van der Waals surface area (Å²) in [6.45, 7) is 2.38. The molecule has 6 nitrogen and oxygen atoms in total. The Hall–Kier alpha value is -1.41. The molecule has 1 aromatic rings. The molecule has 0 bridgehead atoms. The predicted molar refractivity (Wildman–Crippen MR) is 89.1 cm³/mol. The lowest BCUT2D eigenvalue weighted by Gasteiger charge is -2.27. The SMILES string of the molecule is CS(=O)(=O)Nc1ccc(CN=C(N)N2CCSCC2)cc1. The van der Waals surface area contributed by atoms with Gasteiger partial charge in [-0.15, -0.1) is 0 Å². The fourth-order valence-corrected chi connectivity index (χ4v) is 3.42. The third kappa shape index (κ3) is 5.47. The van der Waals surface area contributed by atoms with Crippen molar-refractivity contribution in [1.29, 1.82) is 0 Å². The molecule has 8 heteroatoms. The zero-order valence-corrected chi connectivity index (χ0v) is 13.6. The van der Waals surface area contributed by atoms with Gasteiger partial charge in [0, 0.05) is 30.3 Å². The summed E-state index contributed by atoms with van der Waals surface area (Å²) in [6.07, 6.45) is 1.13. The van der Waals surface area contributed by atoms with Crippen LogP contribution in [-0.4, -0.2) is 50.1 Å². The number of sulfonamides is 1. The van der Waals surface area contributed by atoms with E-state index in [-0.39, 0.29) is 0 Å². The van der Waals surface area contributed by atoms with Crippen LogP contribution in [0.5, 0.6) is 0 Å². The molecule has 1 aromatic carbocycles. The van der Waals surface area contributed by atoms with Crippen LogP contribution in [0.15, 0.2) is 29.3 Å². The highest BCUT2D eigenvalue weighted by Gasteiger charge is 2.11. The summed E-state index contributed by atoms with van der Waals surface area (Å²) in [4.78, 5) is 6.49. The first-order chi connectivity index (χ1) is 9.94. The van der Waals surface area contributed by atoms with Gasteiger partial charge >= 0.3 is 0 Å². The maximum atomic E-state index is 11.1. The van der Waals surface area contributed by atoms with Crippen LogP contribution in [0.25, 0.3) is 0 Å². The van der Waals surface area contributed by atoms with E-state index in [1.165, 1.54) is 0 Å². The summed E-state index contributed by atoms with van der Waals surface area (Å²) in [6, 6.07) is 7.13. The Kier molecular flexibility index (Phi) is 5.35. The number of guanidine groups is 1. The molecule has 0 atom stereocenters. The molecule has 1 fully saturated rings. The standard InChI is InChI=1S/C13H20N4O2S2/c1-21(18,19)16-12-4-2-11(3-5-12)10-15-13(14)17-6-8-20-9-7-17/h2-5,16H,6-10H2,1H3,(H2,14,15). The van der Waals surface area contributed by atoms with E-state index in [1.54, 1.807) is 12.1 Å². The molecule has 0 saturated carbocycles. The van der Waals surface area contributed by atoms with Gasteiger partial charge < -0.3 is 10.6 Å². The van der Waals surface area contributed by atoms with Crippen LogP contribution >= 0.6 is 11.8 Å². The topological polar surface area (TPSA) is 87.8 Å². The molecule has 0 aliphatic carbocycles. The highest BCUT2D eigenvalue weighted by Crippen LogP contribution is 2.12. The van der Waals surface area contributed by atoms with Gasteiger partial charge in [-0.1, -0.05) is 12.1 Å². The first-order valence-electron chi connectivity index (χ1n) is 6.63. The number of hydrogen-bond donors (Lipinski definition) is 2. The van der Waals surface area contributed by atoms with Gasteiger partial charge in [-0.05, 0) is 17.7 Å². The van der Waals surface area contributed by atoms with Crippen LogP contribution in [0, 0.1) is 0 Å². The second-order valence-electron chi connectivity index (χ2n) is 4.84. The maximum Gasteiger partial charge on any atom is 0.229 e. The van der Waals surface area contributed by atoms with Crippen LogP contribution in [0.3, 0.4) is 0 Å². The molecule has 2 rings (SSSR count). The average molecular weight is 328 g/mol. The van der Waals surface area contributed by atoms with Crippen molar-refractivity contribution in [3.05, 3.63) is 29.8 Å².